The van der Waals surface area contributed by atoms with Gasteiger partial charge in [0.15, 0.2) is 0 Å². The van der Waals surface area contributed by atoms with Crippen LogP contribution in [0.4, 0.5) is 0 Å². The average Bonchev–Trinajstić information content (AvgIpc) is 2.50. The lowest BCUT2D eigenvalue weighted by molar-refractivity contribution is -0.137. The van der Waals surface area contributed by atoms with Crippen molar-refractivity contribution < 1.29 is 19.5 Å². The van der Waals surface area contributed by atoms with Gasteiger partial charge in [-0.3, -0.25) is 14.4 Å². The number of fused-ring (bicyclic) bond motifs is 1. The molecule has 0 aliphatic carbocycles. The highest BCUT2D eigenvalue weighted by Gasteiger charge is 2.20. The molecule has 0 aliphatic rings. The molecule has 0 bridgehead atoms. The molecule has 22 heavy (non-hydrogen) atoms. The van der Waals surface area contributed by atoms with Gasteiger partial charge in [-0.15, -0.1) is 0 Å². The van der Waals surface area contributed by atoms with Crippen LogP contribution in [0.15, 0.2) is 36.4 Å². The first-order valence-corrected chi connectivity index (χ1v) is 6.65. The lowest BCUT2D eigenvalue weighted by atomic mass is 10.1. The van der Waals surface area contributed by atoms with Gasteiger partial charge >= 0.3 is 5.97 Å². The third-order valence-electron chi connectivity index (χ3n) is 3.13. The van der Waals surface area contributed by atoms with E-state index in [4.69, 9.17) is 10.8 Å². The van der Waals surface area contributed by atoms with E-state index < -0.39 is 23.8 Å². The van der Waals surface area contributed by atoms with E-state index in [0.717, 1.165) is 5.39 Å². The van der Waals surface area contributed by atoms with Crippen molar-refractivity contribution in [2.45, 2.75) is 18.9 Å². The summed E-state index contributed by atoms with van der Waals surface area (Å²) in [5.74, 6) is -2.42. The fourth-order valence-electron chi connectivity index (χ4n) is 1.98. The Morgan fingerprint density at radius 2 is 1.91 bits per heavy atom. The fraction of sp³-hybridized carbons (Fsp3) is 0.200. The number of para-hydroxylation sites is 1. The van der Waals surface area contributed by atoms with E-state index >= 15 is 0 Å². The minimum absolute atomic E-state index is 0.0655. The normalized spacial score (nSPS) is 11.8. The highest BCUT2D eigenvalue weighted by atomic mass is 16.4. The highest BCUT2D eigenvalue weighted by molar-refractivity contribution is 5.97. The van der Waals surface area contributed by atoms with Gasteiger partial charge < -0.3 is 16.2 Å². The molecule has 0 saturated heterocycles. The van der Waals surface area contributed by atoms with Gasteiger partial charge in [-0.2, -0.15) is 0 Å². The van der Waals surface area contributed by atoms with Crippen LogP contribution in [0.2, 0.25) is 0 Å². The van der Waals surface area contributed by atoms with Crippen molar-refractivity contribution in [3.63, 3.8) is 0 Å². The molecule has 0 fully saturated rings. The lowest BCUT2D eigenvalue weighted by Crippen LogP contribution is -2.44. The Morgan fingerprint density at radius 1 is 1.18 bits per heavy atom. The van der Waals surface area contributed by atoms with E-state index in [1.54, 1.807) is 18.2 Å². The van der Waals surface area contributed by atoms with Gasteiger partial charge in [0, 0.05) is 11.8 Å². The number of pyridine rings is 1. The molecule has 0 aliphatic heterocycles. The van der Waals surface area contributed by atoms with Crippen LogP contribution < -0.4 is 11.1 Å². The van der Waals surface area contributed by atoms with E-state index in [0.29, 0.717) is 5.52 Å². The summed E-state index contributed by atoms with van der Waals surface area (Å²) in [5.41, 5.74) is 5.96. The van der Waals surface area contributed by atoms with E-state index in [2.05, 4.69) is 10.3 Å². The van der Waals surface area contributed by atoms with E-state index in [1.807, 2.05) is 12.1 Å². The number of carbonyl (C=O) groups is 3. The molecule has 2 aromatic rings. The molecule has 1 aromatic heterocycles. The van der Waals surface area contributed by atoms with Gasteiger partial charge in [0.25, 0.3) is 5.91 Å². The Bertz CT molecular complexity index is 730. The minimum Gasteiger partial charge on any atom is -0.481 e. The first-order chi connectivity index (χ1) is 10.5. The Hall–Kier alpha value is -2.96. The van der Waals surface area contributed by atoms with Gasteiger partial charge in [0.2, 0.25) is 5.91 Å². The molecule has 1 atom stereocenters. The molecule has 1 aromatic carbocycles. The number of aromatic nitrogens is 1. The number of hydrogen-bond donors (Lipinski definition) is 3. The fourth-order valence-corrected chi connectivity index (χ4v) is 1.98. The largest absolute Gasteiger partial charge is 0.481 e. The molecule has 0 saturated carbocycles. The summed E-state index contributed by atoms with van der Waals surface area (Å²) in [7, 11) is 0. The van der Waals surface area contributed by atoms with Crippen LogP contribution in [0, 0.1) is 0 Å². The summed E-state index contributed by atoms with van der Waals surface area (Å²) in [6.07, 6.45) is -0.330. The Labute approximate surface area is 126 Å². The van der Waals surface area contributed by atoms with Crippen LogP contribution in [0.5, 0.6) is 0 Å². The van der Waals surface area contributed by atoms with E-state index in [9.17, 15) is 14.4 Å². The standard InChI is InChI=1S/C15H15N3O4/c16-14(21)11(7-8-13(19)20)18-15(22)12-6-5-9-3-1-2-4-10(9)17-12/h1-6,11H,7-8H2,(H2,16,21)(H,18,22)(H,19,20)/t11-/m0/s1. The number of nitrogens with two attached hydrogens (primary N) is 1. The minimum atomic E-state index is -1.07. The molecule has 114 valence electrons. The molecule has 2 rings (SSSR count). The summed E-state index contributed by atoms with van der Waals surface area (Å²) in [4.78, 5) is 38.2. The van der Waals surface area contributed by atoms with Crippen molar-refractivity contribution in [2.75, 3.05) is 0 Å². The van der Waals surface area contributed by atoms with Crippen LogP contribution in [0.25, 0.3) is 10.9 Å². The molecular weight excluding hydrogens is 286 g/mol. The zero-order valence-electron chi connectivity index (χ0n) is 11.7. The van der Waals surface area contributed by atoms with Gasteiger partial charge in [0.1, 0.15) is 11.7 Å². The quantitative estimate of drug-likeness (QED) is 0.724. The molecule has 1 heterocycles. The summed E-state index contributed by atoms with van der Waals surface area (Å²) < 4.78 is 0. The summed E-state index contributed by atoms with van der Waals surface area (Å²) in [6.45, 7) is 0. The number of aliphatic carboxylic acids is 1. The number of amides is 2. The molecule has 7 nitrogen and oxygen atoms in total. The summed E-state index contributed by atoms with van der Waals surface area (Å²) in [6, 6.07) is 9.53. The van der Waals surface area contributed by atoms with E-state index in [-0.39, 0.29) is 18.5 Å². The number of carbonyl (C=O) groups excluding carboxylic acids is 2. The highest BCUT2D eigenvalue weighted by Crippen LogP contribution is 2.12. The van der Waals surface area contributed by atoms with Crippen LogP contribution in [0.3, 0.4) is 0 Å². The molecule has 0 spiro atoms. The predicted molar refractivity (Wildman–Crippen MR) is 79.1 cm³/mol. The smallest absolute Gasteiger partial charge is 0.303 e. The van der Waals surface area contributed by atoms with E-state index in [1.165, 1.54) is 6.07 Å². The number of carboxylic acids is 1. The molecule has 7 heteroatoms. The summed E-state index contributed by atoms with van der Waals surface area (Å²) in [5, 5.41) is 11.9. The molecular formula is C15H15N3O4. The topological polar surface area (TPSA) is 122 Å². The Morgan fingerprint density at radius 3 is 2.59 bits per heavy atom. The molecule has 0 unspecified atom stereocenters. The zero-order valence-corrected chi connectivity index (χ0v) is 11.7. The SMILES string of the molecule is NC(=O)[C@H](CCC(=O)O)NC(=O)c1ccc2ccccc2n1. The average molecular weight is 301 g/mol. The van der Waals surface area contributed by atoms with Crippen molar-refractivity contribution in [2.24, 2.45) is 5.73 Å². The Balaban J connectivity index is 2.14. The van der Waals surface area contributed by atoms with Crippen molar-refractivity contribution in [3.05, 3.63) is 42.1 Å². The molecule has 0 radical (unpaired) electrons. The lowest BCUT2D eigenvalue weighted by Gasteiger charge is -2.14. The third kappa shape index (κ3) is 3.78. The second kappa shape index (κ2) is 6.66. The van der Waals surface area contributed by atoms with Gasteiger partial charge in [0.05, 0.1) is 5.52 Å². The zero-order chi connectivity index (χ0) is 16.1. The van der Waals surface area contributed by atoms with Crippen LogP contribution in [-0.4, -0.2) is 33.9 Å². The number of carboxylic acid groups (broad SMARTS) is 1. The van der Waals surface area contributed by atoms with Crippen LogP contribution in [0.1, 0.15) is 23.3 Å². The van der Waals surface area contributed by atoms with Gasteiger partial charge in [-0.05, 0) is 18.6 Å². The second-order valence-electron chi connectivity index (χ2n) is 4.75. The van der Waals surface area contributed by atoms with Gasteiger partial charge in [-0.25, -0.2) is 4.98 Å². The predicted octanol–water partition coefficient (Wildman–Crippen LogP) is 0.683. The number of primary amides is 1. The number of benzene rings is 1. The second-order valence-corrected chi connectivity index (χ2v) is 4.75. The van der Waals surface area contributed by atoms with Gasteiger partial charge in [-0.1, -0.05) is 24.3 Å². The molecule has 4 N–H and O–H groups in total. The molecule has 2 amide bonds. The Kier molecular flexibility index (Phi) is 4.67. The maximum atomic E-state index is 12.1. The van der Waals surface area contributed by atoms with Crippen LogP contribution >= 0.6 is 0 Å². The van der Waals surface area contributed by atoms with Crippen molar-refractivity contribution in [1.29, 1.82) is 0 Å². The number of nitrogens with zero attached hydrogens (tertiary/aromatic N) is 1. The maximum Gasteiger partial charge on any atom is 0.303 e. The third-order valence-corrected chi connectivity index (χ3v) is 3.13. The van der Waals surface area contributed by atoms with Crippen molar-refractivity contribution in [1.82, 2.24) is 10.3 Å². The monoisotopic (exact) mass is 301 g/mol. The number of hydrogen-bond acceptors (Lipinski definition) is 4. The van der Waals surface area contributed by atoms with Crippen molar-refractivity contribution in [3.8, 4) is 0 Å². The first-order valence-electron chi connectivity index (χ1n) is 6.65. The number of nitrogens with one attached hydrogen (secondary N) is 1. The number of rotatable bonds is 6. The summed E-state index contributed by atoms with van der Waals surface area (Å²) >= 11 is 0. The van der Waals surface area contributed by atoms with Crippen LogP contribution in [-0.2, 0) is 9.59 Å². The maximum absolute atomic E-state index is 12.1. The van der Waals surface area contributed by atoms with Crippen molar-refractivity contribution >= 4 is 28.7 Å². The first kappa shape index (κ1) is 15.4.